The Morgan fingerprint density at radius 3 is 1.47 bits per heavy atom. The average Bonchev–Trinajstić information content (AvgIpc) is 4.14. The van der Waals surface area contributed by atoms with Crippen molar-refractivity contribution in [3.8, 4) is 0 Å². The Morgan fingerprint density at radius 2 is 1.03 bits per heavy atom. The van der Waals surface area contributed by atoms with E-state index in [9.17, 15) is 14.0 Å². The lowest BCUT2D eigenvalue weighted by Crippen LogP contribution is -2.36. The van der Waals surface area contributed by atoms with Crippen LogP contribution < -0.4 is 9.80 Å². The average molecular weight is 967 g/mol. The number of hydrogen-bond acceptors (Lipinski definition) is 8. The van der Waals surface area contributed by atoms with Gasteiger partial charge >= 0.3 is 12.2 Å². The second kappa shape index (κ2) is 18.1. The van der Waals surface area contributed by atoms with Crippen molar-refractivity contribution >= 4 is 45.6 Å². The van der Waals surface area contributed by atoms with Gasteiger partial charge in [0, 0.05) is 55.1 Å². The number of benzene rings is 4. The third-order valence-electron chi connectivity index (χ3n) is 14.2. The molecule has 2 aromatic heterocycles. The molecule has 4 aromatic carbocycles. The molecule has 2 amide bonds. The second-order valence-electron chi connectivity index (χ2n) is 21.3. The number of piperidine rings is 1. The predicted octanol–water partition coefficient (Wildman–Crippen LogP) is 12.7. The predicted molar refractivity (Wildman–Crippen MR) is 256 cm³/mol. The Bertz CT molecular complexity index is 2790. The van der Waals surface area contributed by atoms with E-state index >= 15 is 17.6 Å². The van der Waals surface area contributed by atoms with Crippen molar-refractivity contribution in [1.82, 2.24) is 29.7 Å². The van der Waals surface area contributed by atoms with Gasteiger partial charge in [0.1, 0.15) is 46.0 Å². The maximum atomic E-state index is 16.8. The highest BCUT2D eigenvalue weighted by Gasteiger charge is 2.41. The van der Waals surface area contributed by atoms with Crippen molar-refractivity contribution in [2.45, 2.75) is 134 Å². The van der Waals surface area contributed by atoms with Crippen LogP contribution in [0, 0.1) is 29.1 Å². The number of carbonyl (C=O) groups excluding carboxylic acids is 2. The Kier molecular flexibility index (Phi) is 12.2. The second-order valence-corrected chi connectivity index (χ2v) is 21.3. The minimum atomic E-state index is -0.810. The first-order valence-electron chi connectivity index (χ1n) is 24.4. The molecule has 6 heterocycles. The topological polar surface area (TPSA) is 123 Å². The molecule has 17 heteroatoms. The highest BCUT2D eigenvalue weighted by Crippen LogP contribution is 2.50. The van der Waals surface area contributed by atoms with Gasteiger partial charge in [0.2, 0.25) is 0 Å². The third-order valence-corrected chi connectivity index (χ3v) is 14.2. The number of hydrogen-bond donors (Lipinski definition) is 2. The largest absolute Gasteiger partial charge is 0.444 e. The van der Waals surface area contributed by atoms with Crippen molar-refractivity contribution in [2.24, 2.45) is 0 Å². The molecule has 10 rings (SSSR count). The lowest BCUT2D eigenvalue weighted by atomic mass is 9.89. The van der Waals surface area contributed by atoms with E-state index in [0.29, 0.717) is 98.4 Å². The zero-order valence-corrected chi connectivity index (χ0v) is 40.4. The number of rotatable bonds is 7. The fourth-order valence-electron chi connectivity index (χ4n) is 11.1. The monoisotopic (exact) mass is 966 g/mol. The van der Waals surface area contributed by atoms with Crippen LogP contribution in [-0.4, -0.2) is 79.3 Å². The highest BCUT2D eigenvalue weighted by atomic mass is 19.1. The van der Waals surface area contributed by atoms with Crippen molar-refractivity contribution in [3.05, 3.63) is 118 Å². The fraction of sp³-hybridized carbons (Fsp3) is 0.472. The standard InChI is InChI=1S/C53H59F5N8O4/c1-52(2,3)69-50(67)64-19-7-9-45(64)48-59-39-25-33(35(55)27-41(39)61-48)43-15-16-44(34-26-40-42(28-36(34)56)62-49(60-40)46-10-8-20-65(46)51(68)70-53(4,5)6)66(43)32-23-37(57)47(38(58)24-32)63-21-17-30(18-22-63)29-11-13-31(54)14-12-29/h11-14,23-28,30,43-46H,7-10,15-22H2,1-6H3,(H,59,61)(H,60,62). The number of likely N-dealkylation sites (tertiary alicyclic amines) is 2. The number of aromatic nitrogens is 4. The maximum Gasteiger partial charge on any atom is 0.410 e. The number of nitrogens with one attached hydrogen (secondary N) is 2. The molecule has 0 saturated carbocycles. The van der Waals surface area contributed by atoms with Crippen LogP contribution >= 0.6 is 0 Å². The normalized spacial score (nSPS) is 21.5. The SMILES string of the molecule is CC(C)(C)OC(=O)N1CCCC1c1nc2cc(F)c(C3CCC(c4cc5[nH]c(C6CCCN6C(=O)OC(C)(C)C)nc5cc4F)N3c3cc(F)c(N4CCC(c5ccc(F)cc5)CC4)c(F)c3)cc2[nH]1. The molecule has 70 heavy (non-hydrogen) atoms. The molecular formula is C53H59F5N8O4. The lowest BCUT2D eigenvalue weighted by molar-refractivity contribution is 0.0208. The number of carbonyl (C=O) groups is 2. The van der Waals surface area contributed by atoms with E-state index in [-0.39, 0.29) is 34.2 Å². The molecule has 12 nitrogen and oxygen atoms in total. The van der Waals surface area contributed by atoms with Crippen LogP contribution in [0.2, 0.25) is 0 Å². The van der Waals surface area contributed by atoms with Crippen LogP contribution in [0.1, 0.15) is 151 Å². The number of anilines is 2. The summed E-state index contributed by atoms with van der Waals surface area (Å²) in [7, 11) is 0. The van der Waals surface area contributed by atoms with Gasteiger partial charge in [-0.1, -0.05) is 12.1 Å². The van der Waals surface area contributed by atoms with E-state index in [4.69, 9.17) is 19.4 Å². The number of halogens is 5. The first kappa shape index (κ1) is 47.3. The molecule has 4 unspecified atom stereocenters. The van der Waals surface area contributed by atoms with E-state index in [2.05, 4.69) is 9.97 Å². The van der Waals surface area contributed by atoms with Crippen LogP contribution in [0.5, 0.6) is 0 Å². The zero-order chi connectivity index (χ0) is 49.4. The number of aromatic amines is 2. The van der Waals surface area contributed by atoms with E-state index in [0.717, 1.165) is 18.4 Å². The van der Waals surface area contributed by atoms with Crippen molar-refractivity contribution in [2.75, 3.05) is 36.0 Å². The highest BCUT2D eigenvalue weighted by molar-refractivity contribution is 5.79. The third kappa shape index (κ3) is 9.23. The molecule has 6 aromatic rings. The Hall–Kier alpha value is -6.39. The molecule has 0 spiro atoms. The van der Waals surface area contributed by atoms with Gasteiger partial charge in [-0.3, -0.25) is 9.80 Å². The number of H-pyrrole nitrogens is 2. The minimum absolute atomic E-state index is 0.105. The minimum Gasteiger partial charge on any atom is -0.444 e. The Morgan fingerprint density at radius 1 is 0.571 bits per heavy atom. The molecule has 0 bridgehead atoms. The van der Waals surface area contributed by atoms with Gasteiger partial charge in [-0.05, 0) is 141 Å². The molecule has 4 aliphatic heterocycles. The van der Waals surface area contributed by atoms with Gasteiger partial charge in [-0.15, -0.1) is 0 Å². The molecule has 370 valence electrons. The van der Waals surface area contributed by atoms with Crippen LogP contribution in [0.25, 0.3) is 22.1 Å². The summed E-state index contributed by atoms with van der Waals surface area (Å²) in [6, 6.07) is 12.3. The van der Waals surface area contributed by atoms with E-state index in [1.54, 1.807) is 85.4 Å². The molecular weight excluding hydrogens is 908 g/mol. The Balaban J connectivity index is 1.00. The van der Waals surface area contributed by atoms with Gasteiger partial charge in [0.05, 0.1) is 46.2 Å². The number of ether oxygens (including phenoxy) is 2. The number of imidazole rings is 2. The van der Waals surface area contributed by atoms with Crippen LogP contribution in [-0.2, 0) is 9.47 Å². The first-order valence-corrected chi connectivity index (χ1v) is 24.4. The summed E-state index contributed by atoms with van der Waals surface area (Å²) in [5.74, 6) is -2.06. The molecule has 4 saturated heterocycles. The molecule has 4 atom stereocenters. The van der Waals surface area contributed by atoms with Gasteiger partial charge in [-0.25, -0.2) is 41.5 Å². The summed E-state index contributed by atoms with van der Waals surface area (Å²) in [4.78, 5) is 49.2. The van der Waals surface area contributed by atoms with E-state index in [1.807, 2.05) is 0 Å². The summed E-state index contributed by atoms with van der Waals surface area (Å²) in [6.07, 6.45) is 3.59. The van der Waals surface area contributed by atoms with Gasteiger partial charge in [0.25, 0.3) is 0 Å². The van der Waals surface area contributed by atoms with E-state index in [1.165, 1.54) is 36.4 Å². The summed E-state index contributed by atoms with van der Waals surface area (Å²) in [5, 5.41) is 0. The van der Waals surface area contributed by atoms with Crippen LogP contribution in [0.15, 0.2) is 60.7 Å². The van der Waals surface area contributed by atoms with Crippen LogP contribution in [0.3, 0.4) is 0 Å². The van der Waals surface area contributed by atoms with Gasteiger partial charge < -0.3 is 29.2 Å². The quantitative estimate of drug-likeness (QED) is 0.152. The summed E-state index contributed by atoms with van der Waals surface area (Å²) in [6.45, 7) is 12.5. The molecule has 0 aliphatic carbocycles. The van der Waals surface area contributed by atoms with Gasteiger partial charge in [0.15, 0.2) is 11.6 Å². The first-order chi connectivity index (χ1) is 33.3. The summed E-state index contributed by atoms with van der Waals surface area (Å²) in [5.41, 5.74) is 1.65. The molecule has 2 N–H and O–H groups in total. The molecule has 0 radical (unpaired) electrons. The summed E-state index contributed by atoms with van der Waals surface area (Å²) >= 11 is 0. The zero-order valence-electron chi connectivity index (χ0n) is 40.4. The number of amides is 2. The number of fused-ring (bicyclic) bond motifs is 2. The van der Waals surface area contributed by atoms with E-state index < -0.39 is 70.8 Å². The fourth-order valence-corrected chi connectivity index (χ4v) is 11.1. The molecule has 4 fully saturated rings. The molecule has 4 aliphatic rings. The van der Waals surface area contributed by atoms with Crippen LogP contribution in [0.4, 0.5) is 42.9 Å². The maximum absolute atomic E-state index is 16.8. The van der Waals surface area contributed by atoms with Crippen molar-refractivity contribution in [3.63, 3.8) is 0 Å². The van der Waals surface area contributed by atoms with Gasteiger partial charge in [-0.2, -0.15) is 0 Å². The summed E-state index contributed by atoms with van der Waals surface area (Å²) < 4.78 is 92.0. The number of nitrogens with zero attached hydrogens (tertiary/aromatic N) is 6. The smallest absolute Gasteiger partial charge is 0.410 e. The lowest BCUT2D eigenvalue weighted by Gasteiger charge is -2.36. The van der Waals surface area contributed by atoms with Crippen molar-refractivity contribution in [1.29, 1.82) is 0 Å². The van der Waals surface area contributed by atoms with Crippen molar-refractivity contribution < 1.29 is 41.0 Å². The Labute approximate surface area is 403 Å².